The number of carbonyl (C=O) groups excluding carboxylic acids is 1. The Morgan fingerprint density at radius 1 is 1.23 bits per heavy atom. The summed E-state index contributed by atoms with van der Waals surface area (Å²) in [4.78, 5) is 12.2. The van der Waals surface area contributed by atoms with E-state index in [0.29, 0.717) is 5.92 Å². The summed E-state index contributed by atoms with van der Waals surface area (Å²) < 4.78 is 13.7. The minimum absolute atomic E-state index is 0.0830. The lowest BCUT2D eigenvalue weighted by molar-refractivity contribution is -0.115. The number of halogens is 2. The number of carbonyl (C=O) groups is 1. The Morgan fingerprint density at radius 2 is 1.95 bits per heavy atom. The summed E-state index contributed by atoms with van der Waals surface area (Å²) in [5.74, 6) is -0.394. The van der Waals surface area contributed by atoms with Gasteiger partial charge in [0.05, 0.1) is 6.42 Å². The lowest BCUT2D eigenvalue weighted by Gasteiger charge is -2.16. The van der Waals surface area contributed by atoms with Crippen molar-refractivity contribution in [2.75, 3.05) is 5.32 Å². The molecule has 0 bridgehead atoms. The van der Waals surface area contributed by atoms with E-state index in [9.17, 15) is 9.18 Å². The molecular formula is C18H19ClFNO. The van der Waals surface area contributed by atoms with Crippen LogP contribution in [0.15, 0.2) is 42.5 Å². The van der Waals surface area contributed by atoms with Crippen molar-refractivity contribution < 1.29 is 9.18 Å². The van der Waals surface area contributed by atoms with Crippen LogP contribution in [0.2, 0.25) is 5.02 Å². The predicted molar refractivity (Wildman–Crippen MR) is 88.9 cm³/mol. The molecule has 1 amide bonds. The Hall–Kier alpha value is -1.87. The molecule has 0 aliphatic carbocycles. The molecule has 0 aliphatic rings. The fourth-order valence-corrected chi connectivity index (χ4v) is 2.55. The van der Waals surface area contributed by atoms with Crippen LogP contribution >= 0.6 is 11.6 Å². The maximum atomic E-state index is 13.7. The number of amides is 1. The minimum atomic E-state index is -0.460. The normalized spacial score (nSPS) is 12.0. The highest BCUT2D eigenvalue weighted by molar-refractivity contribution is 6.31. The number of hydrogen-bond donors (Lipinski definition) is 1. The Morgan fingerprint density at radius 3 is 2.64 bits per heavy atom. The topological polar surface area (TPSA) is 29.1 Å². The fraction of sp³-hybridized carbons (Fsp3) is 0.278. The average Bonchev–Trinajstić information content (AvgIpc) is 2.51. The molecule has 22 heavy (non-hydrogen) atoms. The molecule has 0 heterocycles. The van der Waals surface area contributed by atoms with Crippen molar-refractivity contribution in [3.63, 3.8) is 0 Å². The number of para-hydroxylation sites is 1. The molecule has 0 saturated heterocycles. The minimum Gasteiger partial charge on any atom is -0.326 e. The third kappa shape index (κ3) is 3.86. The number of nitrogens with one attached hydrogen (secondary N) is 1. The summed E-state index contributed by atoms with van der Waals surface area (Å²) >= 11 is 5.96. The van der Waals surface area contributed by atoms with Gasteiger partial charge in [-0.2, -0.15) is 0 Å². The SMILES string of the molecule is CCC(C)c1ccccc1NC(=O)Cc1c(F)cccc1Cl. The van der Waals surface area contributed by atoms with Crippen LogP contribution in [-0.4, -0.2) is 5.91 Å². The van der Waals surface area contributed by atoms with Crippen molar-refractivity contribution in [1.29, 1.82) is 0 Å². The lowest BCUT2D eigenvalue weighted by atomic mass is 9.97. The summed E-state index contributed by atoms with van der Waals surface area (Å²) in [6, 6.07) is 12.1. The largest absolute Gasteiger partial charge is 0.326 e. The van der Waals surface area contributed by atoms with E-state index < -0.39 is 5.82 Å². The molecule has 1 unspecified atom stereocenters. The molecule has 2 aromatic rings. The zero-order valence-corrected chi connectivity index (χ0v) is 13.5. The van der Waals surface area contributed by atoms with Gasteiger partial charge in [0, 0.05) is 16.3 Å². The zero-order chi connectivity index (χ0) is 16.1. The van der Waals surface area contributed by atoms with Gasteiger partial charge >= 0.3 is 0 Å². The van der Waals surface area contributed by atoms with E-state index in [1.54, 1.807) is 6.07 Å². The van der Waals surface area contributed by atoms with E-state index in [-0.39, 0.29) is 22.9 Å². The van der Waals surface area contributed by atoms with Crippen LogP contribution in [0, 0.1) is 5.82 Å². The second-order valence-electron chi connectivity index (χ2n) is 5.32. The van der Waals surface area contributed by atoms with Gasteiger partial charge < -0.3 is 5.32 Å². The third-order valence-corrected chi connectivity index (χ3v) is 4.13. The summed E-state index contributed by atoms with van der Waals surface area (Å²) in [7, 11) is 0. The van der Waals surface area contributed by atoms with Crippen molar-refractivity contribution in [3.05, 3.63) is 64.4 Å². The van der Waals surface area contributed by atoms with Gasteiger partial charge in [0.25, 0.3) is 0 Å². The molecule has 2 rings (SSSR count). The smallest absolute Gasteiger partial charge is 0.228 e. The Labute approximate surface area is 135 Å². The molecule has 2 aromatic carbocycles. The lowest BCUT2D eigenvalue weighted by Crippen LogP contribution is -2.17. The molecule has 0 radical (unpaired) electrons. The number of benzene rings is 2. The molecule has 2 nitrogen and oxygen atoms in total. The van der Waals surface area contributed by atoms with Gasteiger partial charge in [-0.05, 0) is 36.1 Å². The van der Waals surface area contributed by atoms with E-state index in [2.05, 4.69) is 19.2 Å². The van der Waals surface area contributed by atoms with E-state index in [1.807, 2.05) is 24.3 Å². The van der Waals surface area contributed by atoms with Gasteiger partial charge in [0.15, 0.2) is 0 Å². The van der Waals surface area contributed by atoms with Crippen molar-refractivity contribution in [2.24, 2.45) is 0 Å². The second kappa shape index (κ2) is 7.41. The summed E-state index contributed by atoms with van der Waals surface area (Å²) in [6.45, 7) is 4.21. The Kier molecular flexibility index (Phi) is 5.56. The summed E-state index contributed by atoms with van der Waals surface area (Å²) in [6.07, 6.45) is 0.895. The molecule has 0 spiro atoms. The van der Waals surface area contributed by atoms with Gasteiger partial charge in [-0.3, -0.25) is 4.79 Å². The monoisotopic (exact) mass is 319 g/mol. The standard InChI is InChI=1S/C18H19ClFNO/c1-3-12(2)13-7-4-5-10-17(13)21-18(22)11-14-15(19)8-6-9-16(14)20/h4-10,12H,3,11H2,1-2H3,(H,21,22). The van der Waals surface area contributed by atoms with Crippen molar-refractivity contribution in [2.45, 2.75) is 32.6 Å². The predicted octanol–water partition coefficient (Wildman–Crippen LogP) is 5.17. The van der Waals surface area contributed by atoms with Gasteiger partial charge in [0.1, 0.15) is 5.82 Å². The number of hydrogen-bond acceptors (Lipinski definition) is 1. The molecule has 4 heteroatoms. The van der Waals surface area contributed by atoms with Gasteiger partial charge in [0.2, 0.25) is 5.91 Å². The Bertz CT molecular complexity index is 652. The van der Waals surface area contributed by atoms with Crippen molar-refractivity contribution in [1.82, 2.24) is 0 Å². The highest BCUT2D eigenvalue weighted by Crippen LogP contribution is 2.27. The van der Waals surface area contributed by atoms with E-state index in [1.165, 1.54) is 12.1 Å². The first-order chi connectivity index (χ1) is 10.5. The average molecular weight is 320 g/mol. The van der Waals surface area contributed by atoms with Crippen LogP contribution < -0.4 is 5.32 Å². The molecule has 1 N–H and O–H groups in total. The van der Waals surface area contributed by atoms with Gasteiger partial charge in [-0.15, -0.1) is 0 Å². The van der Waals surface area contributed by atoms with Gasteiger partial charge in [-0.25, -0.2) is 4.39 Å². The number of rotatable bonds is 5. The first-order valence-corrected chi connectivity index (χ1v) is 7.72. The summed E-state index contributed by atoms with van der Waals surface area (Å²) in [5, 5.41) is 3.13. The molecular weight excluding hydrogens is 301 g/mol. The first kappa shape index (κ1) is 16.5. The van der Waals surface area contributed by atoms with Crippen molar-refractivity contribution in [3.8, 4) is 0 Å². The molecule has 116 valence electrons. The quantitative estimate of drug-likeness (QED) is 0.809. The van der Waals surface area contributed by atoms with Crippen LogP contribution in [0.4, 0.5) is 10.1 Å². The van der Waals surface area contributed by atoms with E-state index >= 15 is 0 Å². The highest BCUT2D eigenvalue weighted by atomic mass is 35.5. The van der Waals surface area contributed by atoms with E-state index in [0.717, 1.165) is 17.7 Å². The number of anilines is 1. The van der Waals surface area contributed by atoms with Crippen LogP contribution in [0.3, 0.4) is 0 Å². The molecule has 0 aromatic heterocycles. The molecule has 0 fully saturated rings. The van der Waals surface area contributed by atoms with Crippen molar-refractivity contribution >= 4 is 23.2 Å². The Balaban J connectivity index is 2.16. The molecule has 0 aliphatic heterocycles. The fourth-order valence-electron chi connectivity index (χ4n) is 2.32. The summed E-state index contributed by atoms with van der Waals surface area (Å²) in [5.41, 5.74) is 2.08. The van der Waals surface area contributed by atoms with Crippen LogP contribution in [0.1, 0.15) is 37.3 Å². The molecule has 0 saturated carbocycles. The zero-order valence-electron chi connectivity index (χ0n) is 12.7. The third-order valence-electron chi connectivity index (χ3n) is 3.78. The first-order valence-electron chi connectivity index (χ1n) is 7.34. The van der Waals surface area contributed by atoms with Crippen LogP contribution in [0.25, 0.3) is 0 Å². The second-order valence-corrected chi connectivity index (χ2v) is 5.73. The maximum Gasteiger partial charge on any atom is 0.228 e. The van der Waals surface area contributed by atoms with Crippen LogP contribution in [-0.2, 0) is 11.2 Å². The van der Waals surface area contributed by atoms with Crippen LogP contribution in [0.5, 0.6) is 0 Å². The van der Waals surface area contributed by atoms with E-state index in [4.69, 9.17) is 11.6 Å². The molecule has 1 atom stereocenters. The highest BCUT2D eigenvalue weighted by Gasteiger charge is 2.14. The maximum absolute atomic E-state index is 13.7. The van der Waals surface area contributed by atoms with Gasteiger partial charge in [-0.1, -0.05) is 49.7 Å².